The summed E-state index contributed by atoms with van der Waals surface area (Å²) >= 11 is 0. The Morgan fingerprint density at radius 3 is 2.26 bits per heavy atom. The van der Waals surface area contributed by atoms with Crippen LogP contribution in [0.4, 0.5) is 0 Å². The minimum absolute atomic E-state index is 0.0471. The number of carboxylic acid groups (broad SMARTS) is 1. The SMILES string of the molecule is CC(=O)O[C@H]1CC[C@@]2(C)[C@@H](CC[C@@H]3[C@@H]2CC[C@]2(C)[C@@H](OC(C)=O)/C(=C\C(=O)O)C[C@@H]32)C1. The van der Waals surface area contributed by atoms with Crippen LogP contribution >= 0.6 is 0 Å². The molecule has 4 aliphatic rings. The topological polar surface area (TPSA) is 89.9 Å². The molecule has 172 valence electrons. The van der Waals surface area contributed by atoms with Crippen molar-refractivity contribution >= 4 is 17.9 Å². The van der Waals surface area contributed by atoms with Crippen LogP contribution in [-0.4, -0.2) is 35.2 Å². The molecule has 0 aromatic rings. The lowest BCUT2D eigenvalue weighted by Gasteiger charge is -2.60. The zero-order valence-corrected chi connectivity index (χ0v) is 19.2. The van der Waals surface area contributed by atoms with Gasteiger partial charge in [0.1, 0.15) is 12.2 Å². The summed E-state index contributed by atoms with van der Waals surface area (Å²) in [4.78, 5) is 34.8. The molecule has 0 saturated heterocycles. The molecule has 31 heavy (non-hydrogen) atoms. The summed E-state index contributed by atoms with van der Waals surface area (Å²) in [6, 6.07) is 0. The number of esters is 2. The van der Waals surface area contributed by atoms with Crippen molar-refractivity contribution in [2.45, 2.75) is 91.3 Å². The number of rotatable bonds is 3. The third-order valence-corrected chi connectivity index (χ3v) is 9.37. The number of fused-ring (bicyclic) bond motifs is 5. The molecule has 0 aromatic heterocycles. The lowest BCUT2D eigenvalue weighted by molar-refractivity contribution is -0.166. The molecule has 0 heterocycles. The summed E-state index contributed by atoms with van der Waals surface area (Å²) in [7, 11) is 0. The van der Waals surface area contributed by atoms with Crippen molar-refractivity contribution in [3.05, 3.63) is 11.6 Å². The van der Waals surface area contributed by atoms with E-state index >= 15 is 0 Å². The highest BCUT2D eigenvalue weighted by Gasteiger charge is 2.62. The largest absolute Gasteiger partial charge is 0.478 e. The molecule has 6 nitrogen and oxygen atoms in total. The Labute approximate surface area is 184 Å². The van der Waals surface area contributed by atoms with E-state index in [4.69, 9.17) is 9.47 Å². The van der Waals surface area contributed by atoms with Crippen molar-refractivity contribution in [1.82, 2.24) is 0 Å². The predicted octanol–water partition coefficient (Wildman–Crippen LogP) is 4.51. The maximum atomic E-state index is 11.8. The molecule has 0 spiro atoms. The van der Waals surface area contributed by atoms with E-state index < -0.39 is 12.1 Å². The van der Waals surface area contributed by atoms with Crippen LogP contribution in [0.2, 0.25) is 0 Å². The average Bonchev–Trinajstić information content (AvgIpc) is 2.92. The molecule has 0 radical (unpaired) electrons. The molecular formula is C25H36O6. The molecular weight excluding hydrogens is 396 g/mol. The van der Waals surface area contributed by atoms with Crippen LogP contribution in [0.3, 0.4) is 0 Å². The van der Waals surface area contributed by atoms with E-state index in [2.05, 4.69) is 13.8 Å². The van der Waals surface area contributed by atoms with Crippen molar-refractivity contribution in [3.8, 4) is 0 Å². The summed E-state index contributed by atoms with van der Waals surface area (Å²) in [6.45, 7) is 7.55. The van der Waals surface area contributed by atoms with E-state index in [0.717, 1.165) is 50.5 Å². The molecule has 0 aromatic carbocycles. The van der Waals surface area contributed by atoms with Gasteiger partial charge in [-0.05, 0) is 86.0 Å². The van der Waals surface area contributed by atoms with E-state index in [0.29, 0.717) is 30.1 Å². The summed E-state index contributed by atoms with van der Waals surface area (Å²) in [5.41, 5.74) is 0.797. The quantitative estimate of drug-likeness (QED) is 0.521. The molecule has 4 rings (SSSR count). The van der Waals surface area contributed by atoms with E-state index in [9.17, 15) is 19.5 Å². The number of carboxylic acids is 1. The van der Waals surface area contributed by atoms with Crippen LogP contribution in [0.1, 0.15) is 79.1 Å². The van der Waals surface area contributed by atoms with Gasteiger partial charge in [-0.3, -0.25) is 9.59 Å². The van der Waals surface area contributed by atoms with Crippen molar-refractivity contribution in [2.24, 2.45) is 34.5 Å². The fourth-order valence-electron chi connectivity index (χ4n) is 8.07. The maximum Gasteiger partial charge on any atom is 0.328 e. The highest BCUT2D eigenvalue weighted by Crippen LogP contribution is 2.67. The standard InChI is InChI=1S/C25H36O6/c1-14(26)30-18-7-9-24(3)17(13-18)5-6-19-20(24)8-10-25(4)21(19)11-16(12-22(28)29)23(25)31-15(2)27/h12,17-21,23H,5-11,13H2,1-4H3,(H,28,29)/b16-12-/t17-,18-,19+,20-,21-,23-,24-,25-/m0/s1. The van der Waals surface area contributed by atoms with Gasteiger partial charge < -0.3 is 14.6 Å². The van der Waals surface area contributed by atoms with Crippen molar-refractivity contribution < 1.29 is 29.0 Å². The molecule has 0 unspecified atom stereocenters. The first-order valence-corrected chi connectivity index (χ1v) is 11.8. The van der Waals surface area contributed by atoms with Crippen LogP contribution in [0.25, 0.3) is 0 Å². The van der Waals surface area contributed by atoms with E-state index in [-0.39, 0.29) is 28.9 Å². The second-order valence-corrected chi connectivity index (χ2v) is 11.0. The van der Waals surface area contributed by atoms with E-state index in [1.54, 1.807) is 0 Å². The number of carbonyl (C=O) groups excluding carboxylic acids is 2. The third kappa shape index (κ3) is 3.80. The Balaban J connectivity index is 1.59. The van der Waals surface area contributed by atoms with Gasteiger partial charge in [-0.25, -0.2) is 4.79 Å². The van der Waals surface area contributed by atoms with Gasteiger partial charge in [0.05, 0.1) is 0 Å². The molecule has 0 amide bonds. The van der Waals surface area contributed by atoms with Crippen molar-refractivity contribution in [1.29, 1.82) is 0 Å². The van der Waals surface area contributed by atoms with Gasteiger partial charge >= 0.3 is 17.9 Å². The number of ether oxygens (including phenoxy) is 2. The normalized spacial score (nSPS) is 45.2. The maximum absolute atomic E-state index is 11.8. The molecule has 6 heteroatoms. The Bertz CT molecular complexity index is 802. The minimum atomic E-state index is -0.967. The molecule has 4 aliphatic carbocycles. The van der Waals surface area contributed by atoms with Crippen LogP contribution in [-0.2, 0) is 23.9 Å². The van der Waals surface area contributed by atoms with Gasteiger partial charge in [-0.1, -0.05) is 13.8 Å². The van der Waals surface area contributed by atoms with Crippen LogP contribution < -0.4 is 0 Å². The second kappa shape index (κ2) is 7.93. The molecule has 0 aliphatic heterocycles. The number of aliphatic carboxylic acids is 1. The van der Waals surface area contributed by atoms with Crippen LogP contribution in [0.5, 0.6) is 0 Å². The number of carbonyl (C=O) groups is 3. The minimum Gasteiger partial charge on any atom is -0.478 e. The van der Waals surface area contributed by atoms with Gasteiger partial charge in [0, 0.05) is 25.3 Å². The lowest BCUT2D eigenvalue weighted by atomic mass is 9.45. The fraction of sp³-hybridized carbons (Fsp3) is 0.800. The highest BCUT2D eigenvalue weighted by atomic mass is 16.5. The fourth-order valence-corrected chi connectivity index (χ4v) is 8.07. The Kier molecular flexibility index (Phi) is 5.72. The van der Waals surface area contributed by atoms with Crippen LogP contribution in [0.15, 0.2) is 11.6 Å². The average molecular weight is 433 g/mol. The smallest absolute Gasteiger partial charge is 0.328 e. The summed E-state index contributed by atoms with van der Waals surface area (Å²) in [5, 5.41) is 9.41. The molecule has 0 bridgehead atoms. The van der Waals surface area contributed by atoms with Crippen molar-refractivity contribution in [3.63, 3.8) is 0 Å². The van der Waals surface area contributed by atoms with Gasteiger partial charge in [0.15, 0.2) is 0 Å². The number of hydrogen-bond donors (Lipinski definition) is 1. The summed E-state index contributed by atoms with van der Waals surface area (Å²) in [5.74, 6) is 0.514. The predicted molar refractivity (Wildman–Crippen MR) is 114 cm³/mol. The van der Waals surface area contributed by atoms with E-state index in [1.165, 1.54) is 19.9 Å². The Morgan fingerprint density at radius 1 is 0.935 bits per heavy atom. The Hall–Kier alpha value is -1.85. The Morgan fingerprint density at radius 2 is 1.61 bits per heavy atom. The molecule has 8 atom stereocenters. The van der Waals surface area contributed by atoms with Crippen molar-refractivity contribution in [2.75, 3.05) is 0 Å². The third-order valence-electron chi connectivity index (χ3n) is 9.37. The van der Waals surface area contributed by atoms with Crippen LogP contribution in [0, 0.1) is 34.5 Å². The number of hydrogen-bond acceptors (Lipinski definition) is 5. The monoisotopic (exact) mass is 432 g/mol. The van der Waals surface area contributed by atoms with Gasteiger partial charge in [-0.2, -0.15) is 0 Å². The summed E-state index contributed by atoms with van der Waals surface area (Å²) < 4.78 is 11.3. The molecule has 4 saturated carbocycles. The van der Waals surface area contributed by atoms with Gasteiger partial charge in [-0.15, -0.1) is 0 Å². The second-order valence-electron chi connectivity index (χ2n) is 11.0. The first kappa shape index (κ1) is 22.3. The summed E-state index contributed by atoms with van der Waals surface area (Å²) in [6.07, 6.45) is 8.84. The zero-order chi connectivity index (χ0) is 22.6. The lowest BCUT2D eigenvalue weighted by Crippen LogP contribution is -2.54. The first-order valence-electron chi connectivity index (χ1n) is 11.8. The van der Waals surface area contributed by atoms with E-state index in [1.807, 2.05) is 0 Å². The highest BCUT2D eigenvalue weighted by molar-refractivity contribution is 5.81. The zero-order valence-electron chi connectivity index (χ0n) is 19.2. The molecule has 1 N–H and O–H groups in total. The van der Waals surface area contributed by atoms with Gasteiger partial charge in [0.2, 0.25) is 0 Å². The van der Waals surface area contributed by atoms with Gasteiger partial charge in [0.25, 0.3) is 0 Å². The first-order chi connectivity index (χ1) is 14.5. The molecule has 4 fully saturated rings.